The molecule has 0 saturated heterocycles. The van der Waals surface area contributed by atoms with Gasteiger partial charge in [0.15, 0.2) is 5.78 Å². The largest absolute Gasteiger partial charge is 0.465 e. The second-order valence-electron chi connectivity index (χ2n) is 7.75. The zero-order valence-corrected chi connectivity index (χ0v) is 18.9. The number of carboxylic acid groups (broad SMARTS) is 1. The van der Waals surface area contributed by atoms with Crippen molar-refractivity contribution < 1.29 is 32.7 Å². The van der Waals surface area contributed by atoms with Crippen LogP contribution in [0.5, 0.6) is 0 Å². The molecule has 1 heterocycles. The molecule has 1 aromatic heterocycles. The smallest absolute Gasteiger partial charge is 0.416 e. The number of carbonyl (C=O) groups is 3. The lowest BCUT2D eigenvalue weighted by molar-refractivity contribution is -0.138. The van der Waals surface area contributed by atoms with Crippen molar-refractivity contribution in [3.8, 4) is 11.1 Å². The second-order valence-corrected chi connectivity index (χ2v) is 7.75. The van der Waals surface area contributed by atoms with Gasteiger partial charge in [-0.2, -0.15) is 13.2 Å². The first kappa shape index (κ1) is 25.4. The molecule has 0 atom stereocenters. The number of anilines is 2. The summed E-state index contributed by atoms with van der Waals surface area (Å²) in [7, 11) is 0. The quantitative estimate of drug-likeness (QED) is 0.284. The number of aryl methyl sites for hydroxylation is 2. The molecule has 0 fully saturated rings. The normalized spacial score (nSPS) is 11.1. The number of alkyl halides is 3. The highest BCUT2D eigenvalue weighted by atomic mass is 19.4. The molecular formula is C25H22F3N3O4. The van der Waals surface area contributed by atoms with Crippen molar-refractivity contribution in [3.63, 3.8) is 0 Å². The molecule has 3 aromatic rings. The van der Waals surface area contributed by atoms with Crippen molar-refractivity contribution >= 4 is 29.2 Å². The highest BCUT2D eigenvalue weighted by Crippen LogP contribution is 2.37. The van der Waals surface area contributed by atoms with Gasteiger partial charge in [-0.05, 0) is 60.4 Å². The van der Waals surface area contributed by atoms with Crippen LogP contribution in [0.4, 0.5) is 29.3 Å². The SMILES string of the molecule is CCc1cc(NC(=O)O)c(NC(=O)CC(=O)c2cccc(-c3ccnc(C)c3)c2)cc1C(F)(F)F. The van der Waals surface area contributed by atoms with Crippen molar-refractivity contribution in [1.29, 1.82) is 0 Å². The number of hydrogen-bond donors (Lipinski definition) is 3. The predicted molar refractivity (Wildman–Crippen MR) is 124 cm³/mol. The van der Waals surface area contributed by atoms with E-state index in [-0.39, 0.29) is 23.2 Å². The van der Waals surface area contributed by atoms with Crippen LogP contribution in [-0.4, -0.2) is 27.9 Å². The monoisotopic (exact) mass is 485 g/mol. The molecular weight excluding hydrogens is 463 g/mol. The van der Waals surface area contributed by atoms with Crippen LogP contribution in [0, 0.1) is 6.92 Å². The second kappa shape index (κ2) is 10.4. The molecule has 2 amide bonds. The summed E-state index contributed by atoms with van der Waals surface area (Å²) < 4.78 is 40.4. The first-order chi connectivity index (χ1) is 16.5. The van der Waals surface area contributed by atoms with Crippen LogP contribution in [0.15, 0.2) is 54.7 Å². The Morgan fingerprint density at radius 2 is 1.66 bits per heavy atom. The van der Waals surface area contributed by atoms with Crippen LogP contribution in [-0.2, 0) is 17.4 Å². The Hall–Kier alpha value is -4.21. The number of ketones is 1. The molecule has 3 N–H and O–H groups in total. The van der Waals surface area contributed by atoms with Crippen molar-refractivity contribution in [2.24, 2.45) is 0 Å². The predicted octanol–water partition coefficient (Wildman–Crippen LogP) is 5.94. The van der Waals surface area contributed by atoms with Gasteiger partial charge in [-0.15, -0.1) is 0 Å². The van der Waals surface area contributed by atoms with E-state index in [0.29, 0.717) is 6.07 Å². The molecule has 0 unspecified atom stereocenters. The van der Waals surface area contributed by atoms with E-state index in [2.05, 4.69) is 10.3 Å². The number of nitrogens with zero attached hydrogens (tertiary/aromatic N) is 1. The standard InChI is InChI=1S/C25H22F3N3O4/c1-3-15-11-20(31-24(34)35)21(12-19(15)25(26,27)28)30-23(33)13-22(32)18-6-4-5-16(10-18)17-7-8-29-14(2)9-17/h4-12,31H,3,13H2,1-2H3,(H,30,33)(H,34,35). The van der Waals surface area contributed by atoms with E-state index in [1.807, 2.05) is 18.3 Å². The van der Waals surface area contributed by atoms with Gasteiger partial charge in [-0.3, -0.25) is 19.9 Å². The summed E-state index contributed by atoms with van der Waals surface area (Å²) in [6.07, 6.45) is -5.25. The molecule has 10 heteroatoms. The molecule has 0 saturated carbocycles. The van der Waals surface area contributed by atoms with Gasteiger partial charge in [-0.1, -0.05) is 25.1 Å². The number of rotatable bonds is 7. The fourth-order valence-corrected chi connectivity index (χ4v) is 3.56. The highest BCUT2D eigenvalue weighted by molar-refractivity contribution is 6.12. The molecule has 2 aromatic carbocycles. The fraction of sp³-hybridized carbons (Fsp3) is 0.200. The maximum absolute atomic E-state index is 13.5. The molecule has 182 valence electrons. The number of nitrogens with one attached hydrogen (secondary N) is 2. The van der Waals surface area contributed by atoms with E-state index >= 15 is 0 Å². The van der Waals surface area contributed by atoms with Crippen molar-refractivity contribution in [1.82, 2.24) is 4.98 Å². The number of aromatic nitrogens is 1. The molecule has 0 radical (unpaired) electrons. The summed E-state index contributed by atoms with van der Waals surface area (Å²) in [5.41, 5.74) is 0.840. The average Bonchev–Trinajstić information content (AvgIpc) is 2.79. The van der Waals surface area contributed by atoms with E-state index in [4.69, 9.17) is 5.11 Å². The van der Waals surface area contributed by atoms with Gasteiger partial charge in [0.2, 0.25) is 5.91 Å². The van der Waals surface area contributed by atoms with Crippen LogP contribution in [0.3, 0.4) is 0 Å². The van der Waals surface area contributed by atoms with Gasteiger partial charge in [0, 0.05) is 17.5 Å². The number of halogens is 3. The van der Waals surface area contributed by atoms with E-state index in [1.54, 1.807) is 30.5 Å². The number of carbonyl (C=O) groups excluding carboxylic acids is 2. The Bertz CT molecular complexity index is 1290. The van der Waals surface area contributed by atoms with Crippen LogP contribution in [0.1, 0.15) is 40.5 Å². The molecule has 0 aliphatic carbocycles. The Kier molecular flexibility index (Phi) is 7.53. The van der Waals surface area contributed by atoms with Crippen LogP contribution in [0.25, 0.3) is 11.1 Å². The minimum Gasteiger partial charge on any atom is -0.465 e. The van der Waals surface area contributed by atoms with Crippen LogP contribution < -0.4 is 10.6 Å². The highest BCUT2D eigenvalue weighted by Gasteiger charge is 2.34. The van der Waals surface area contributed by atoms with Gasteiger partial charge >= 0.3 is 12.3 Å². The first-order valence-corrected chi connectivity index (χ1v) is 10.6. The summed E-state index contributed by atoms with van der Waals surface area (Å²) in [5.74, 6) is -1.44. The molecule has 3 rings (SSSR count). The van der Waals surface area contributed by atoms with Crippen molar-refractivity contribution in [2.45, 2.75) is 32.9 Å². The zero-order valence-electron chi connectivity index (χ0n) is 18.9. The third kappa shape index (κ3) is 6.44. The third-order valence-electron chi connectivity index (χ3n) is 5.18. The average molecular weight is 485 g/mol. The van der Waals surface area contributed by atoms with Gasteiger partial charge in [0.25, 0.3) is 0 Å². The Labute approximate surface area is 199 Å². The van der Waals surface area contributed by atoms with E-state index in [0.717, 1.165) is 22.9 Å². The topological polar surface area (TPSA) is 108 Å². The fourth-order valence-electron chi connectivity index (χ4n) is 3.56. The summed E-state index contributed by atoms with van der Waals surface area (Å²) in [6, 6.07) is 11.9. The van der Waals surface area contributed by atoms with Crippen molar-refractivity contribution in [2.75, 3.05) is 10.6 Å². The van der Waals surface area contributed by atoms with E-state index in [9.17, 15) is 27.6 Å². The summed E-state index contributed by atoms with van der Waals surface area (Å²) in [5, 5.41) is 13.3. The van der Waals surface area contributed by atoms with Gasteiger partial charge in [0.05, 0.1) is 23.4 Å². The molecule has 35 heavy (non-hydrogen) atoms. The summed E-state index contributed by atoms with van der Waals surface area (Å²) in [4.78, 5) is 40.5. The van der Waals surface area contributed by atoms with Crippen LogP contribution >= 0.6 is 0 Å². The van der Waals surface area contributed by atoms with E-state index in [1.165, 1.54) is 13.0 Å². The van der Waals surface area contributed by atoms with E-state index < -0.39 is 41.6 Å². The summed E-state index contributed by atoms with van der Waals surface area (Å²) >= 11 is 0. The molecule has 0 aliphatic heterocycles. The molecule has 7 nitrogen and oxygen atoms in total. The maximum atomic E-state index is 13.5. The van der Waals surface area contributed by atoms with Gasteiger partial charge < -0.3 is 10.4 Å². The lowest BCUT2D eigenvalue weighted by Crippen LogP contribution is -2.20. The first-order valence-electron chi connectivity index (χ1n) is 10.6. The Morgan fingerprint density at radius 1 is 0.971 bits per heavy atom. The molecule has 0 spiro atoms. The lowest BCUT2D eigenvalue weighted by Gasteiger charge is -2.18. The van der Waals surface area contributed by atoms with Gasteiger partial charge in [-0.25, -0.2) is 4.79 Å². The van der Waals surface area contributed by atoms with Gasteiger partial charge in [0.1, 0.15) is 0 Å². The number of pyridine rings is 1. The van der Waals surface area contributed by atoms with Crippen molar-refractivity contribution in [3.05, 3.63) is 77.1 Å². The minimum absolute atomic E-state index is 0.0107. The molecule has 0 bridgehead atoms. The third-order valence-corrected chi connectivity index (χ3v) is 5.18. The molecule has 0 aliphatic rings. The zero-order chi connectivity index (χ0) is 25.8. The Morgan fingerprint density at radius 3 is 2.29 bits per heavy atom. The maximum Gasteiger partial charge on any atom is 0.416 e. The number of benzene rings is 2. The number of Topliss-reactive ketones (excluding diaryl/α,β-unsaturated/α-hetero) is 1. The lowest BCUT2D eigenvalue weighted by atomic mass is 10.00. The minimum atomic E-state index is -4.71. The number of amides is 2. The Balaban J connectivity index is 1.84. The number of hydrogen-bond acceptors (Lipinski definition) is 4. The van der Waals surface area contributed by atoms with Crippen LogP contribution in [0.2, 0.25) is 0 Å². The summed E-state index contributed by atoms with van der Waals surface area (Å²) in [6.45, 7) is 3.32.